The molecular formula is C17H24F3N3O. The zero-order valence-electron chi connectivity index (χ0n) is 14.1. The van der Waals surface area contributed by atoms with E-state index in [0.717, 1.165) is 31.5 Å². The van der Waals surface area contributed by atoms with Crippen LogP contribution < -0.4 is 4.90 Å². The highest BCUT2D eigenvalue weighted by molar-refractivity contribution is 5.78. The van der Waals surface area contributed by atoms with Gasteiger partial charge in [-0.3, -0.25) is 4.79 Å². The summed E-state index contributed by atoms with van der Waals surface area (Å²) in [5.41, 5.74) is -0.744. The summed E-state index contributed by atoms with van der Waals surface area (Å²) < 4.78 is 37.8. The third kappa shape index (κ3) is 4.39. The fraction of sp³-hybridized carbons (Fsp3) is 0.647. The molecule has 4 nitrogen and oxygen atoms in total. The fourth-order valence-electron chi connectivity index (χ4n) is 3.00. The summed E-state index contributed by atoms with van der Waals surface area (Å²) >= 11 is 0. The van der Waals surface area contributed by atoms with Crippen molar-refractivity contribution in [1.82, 2.24) is 9.88 Å². The smallest absolute Gasteiger partial charge is 0.355 e. The molecule has 134 valence electrons. The highest BCUT2D eigenvalue weighted by Crippen LogP contribution is 2.29. The molecule has 0 aromatic carbocycles. The Bertz CT molecular complexity index is 541. The number of carbonyl (C=O) groups is 1. The van der Waals surface area contributed by atoms with Crippen LogP contribution in [0.15, 0.2) is 18.3 Å². The van der Waals surface area contributed by atoms with Gasteiger partial charge in [-0.05, 0) is 31.4 Å². The number of aromatic nitrogens is 1. The molecule has 1 fully saturated rings. The van der Waals surface area contributed by atoms with Gasteiger partial charge in [0.2, 0.25) is 5.91 Å². The first-order chi connectivity index (χ1) is 11.4. The Morgan fingerprint density at radius 3 is 2.42 bits per heavy atom. The van der Waals surface area contributed by atoms with Crippen LogP contribution >= 0.6 is 0 Å². The first-order valence-corrected chi connectivity index (χ1v) is 8.43. The molecule has 0 unspecified atom stereocenters. The molecule has 24 heavy (non-hydrogen) atoms. The van der Waals surface area contributed by atoms with Gasteiger partial charge in [-0.1, -0.05) is 13.8 Å². The van der Waals surface area contributed by atoms with Crippen LogP contribution in [0, 0.1) is 5.92 Å². The molecule has 1 amide bonds. The Labute approximate surface area is 140 Å². The molecule has 0 aliphatic carbocycles. The lowest BCUT2D eigenvalue weighted by Gasteiger charge is -2.25. The SMILES string of the molecule is CCC(CC)C(=O)N1CCCN(c2ccc(C(F)(F)F)cn2)CC1. The molecule has 1 aromatic rings. The summed E-state index contributed by atoms with van der Waals surface area (Å²) in [7, 11) is 0. The number of pyridine rings is 1. The average molecular weight is 343 g/mol. The number of alkyl halides is 3. The second kappa shape index (κ2) is 7.85. The largest absolute Gasteiger partial charge is 0.417 e. The predicted octanol–water partition coefficient (Wildman–Crippen LogP) is 3.58. The van der Waals surface area contributed by atoms with Gasteiger partial charge >= 0.3 is 6.18 Å². The average Bonchev–Trinajstić information content (AvgIpc) is 2.81. The van der Waals surface area contributed by atoms with Crippen LogP contribution in [0.25, 0.3) is 0 Å². The van der Waals surface area contributed by atoms with Gasteiger partial charge in [-0.25, -0.2) is 4.98 Å². The lowest BCUT2D eigenvalue weighted by Crippen LogP contribution is -2.38. The van der Waals surface area contributed by atoms with Gasteiger partial charge in [0.1, 0.15) is 5.82 Å². The summed E-state index contributed by atoms with van der Waals surface area (Å²) in [5, 5.41) is 0. The molecule has 7 heteroatoms. The van der Waals surface area contributed by atoms with E-state index in [0.29, 0.717) is 32.0 Å². The summed E-state index contributed by atoms with van der Waals surface area (Å²) in [6.07, 6.45) is -1.06. The summed E-state index contributed by atoms with van der Waals surface area (Å²) in [6, 6.07) is 2.46. The lowest BCUT2D eigenvalue weighted by molar-refractivity contribution is -0.138. The Morgan fingerprint density at radius 2 is 1.88 bits per heavy atom. The molecule has 0 saturated carbocycles. The van der Waals surface area contributed by atoms with Crippen LogP contribution in [0.2, 0.25) is 0 Å². The van der Waals surface area contributed by atoms with Gasteiger partial charge in [0.05, 0.1) is 5.56 Å². The van der Waals surface area contributed by atoms with E-state index in [-0.39, 0.29) is 11.8 Å². The van der Waals surface area contributed by atoms with Crippen LogP contribution in [-0.4, -0.2) is 42.0 Å². The van der Waals surface area contributed by atoms with E-state index >= 15 is 0 Å². The predicted molar refractivity (Wildman–Crippen MR) is 86.7 cm³/mol. The molecule has 1 aliphatic heterocycles. The Hall–Kier alpha value is -1.79. The van der Waals surface area contributed by atoms with Crippen molar-refractivity contribution in [1.29, 1.82) is 0 Å². The van der Waals surface area contributed by atoms with Crippen LogP contribution in [-0.2, 0) is 11.0 Å². The minimum absolute atomic E-state index is 0.0562. The van der Waals surface area contributed by atoms with Crippen LogP contribution in [0.4, 0.5) is 19.0 Å². The molecule has 0 radical (unpaired) electrons. The molecule has 2 rings (SSSR count). The molecule has 0 atom stereocenters. The van der Waals surface area contributed by atoms with Crippen molar-refractivity contribution in [3.8, 4) is 0 Å². The standard InChI is InChI=1S/C17H24F3N3O/c1-3-13(4-2)16(24)23-9-5-8-22(10-11-23)15-7-6-14(12-21-15)17(18,19)20/h6-7,12-13H,3-5,8-11H2,1-2H3. The van der Waals surface area contributed by atoms with Crippen molar-refractivity contribution in [2.45, 2.75) is 39.3 Å². The third-order valence-electron chi connectivity index (χ3n) is 4.54. The van der Waals surface area contributed by atoms with Crippen LogP contribution in [0.3, 0.4) is 0 Å². The van der Waals surface area contributed by atoms with Gasteiger partial charge in [-0.2, -0.15) is 13.2 Å². The maximum Gasteiger partial charge on any atom is 0.417 e. The molecule has 1 aliphatic rings. The molecule has 0 N–H and O–H groups in total. The van der Waals surface area contributed by atoms with Crippen molar-refractivity contribution in [3.05, 3.63) is 23.9 Å². The van der Waals surface area contributed by atoms with Crippen molar-refractivity contribution < 1.29 is 18.0 Å². The number of hydrogen-bond acceptors (Lipinski definition) is 3. The molecule has 2 heterocycles. The van der Waals surface area contributed by atoms with Gasteiger partial charge < -0.3 is 9.80 Å². The Balaban J connectivity index is 2.01. The van der Waals surface area contributed by atoms with E-state index in [2.05, 4.69) is 4.98 Å². The maximum absolute atomic E-state index is 12.6. The number of halogens is 3. The van der Waals surface area contributed by atoms with Gasteiger partial charge in [0, 0.05) is 38.3 Å². The topological polar surface area (TPSA) is 36.4 Å². The van der Waals surface area contributed by atoms with Crippen LogP contribution in [0.1, 0.15) is 38.7 Å². The highest BCUT2D eigenvalue weighted by Gasteiger charge is 2.31. The van der Waals surface area contributed by atoms with Crippen molar-refractivity contribution in [2.75, 3.05) is 31.1 Å². The fourth-order valence-corrected chi connectivity index (χ4v) is 3.00. The van der Waals surface area contributed by atoms with E-state index in [1.54, 1.807) is 0 Å². The minimum atomic E-state index is -4.37. The van der Waals surface area contributed by atoms with E-state index in [1.807, 2.05) is 23.6 Å². The minimum Gasteiger partial charge on any atom is -0.355 e. The number of hydrogen-bond donors (Lipinski definition) is 0. The van der Waals surface area contributed by atoms with E-state index in [9.17, 15) is 18.0 Å². The zero-order chi connectivity index (χ0) is 17.7. The monoisotopic (exact) mass is 343 g/mol. The first kappa shape index (κ1) is 18.5. The number of nitrogens with zero attached hydrogens (tertiary/aromatic N) is 3. The van der Waals surface area contributed by atoms with Gasteiger partial charge in [0.15, 0.2) is 0 Å². The molecule has 1 aromatic heterocycles. The molecule has 0 spiro atoms. The van der Waals surface area contributed by atoms with Gasteiger partial charge in [0.25, 0.3) is 0 Å². The summed E-state index contributed by atoms with van der Waals surface area (Å²) in [5.74, 6) is 0.766. The molecular weight excluding hydrogens is 319 g/mol. The van der Waals surface area contributed by atoms with E-state index < -0.39 is 11.7 Å². The first-order valence-electron chi connectivity index (χ1n) is 8.43. The Kier molecular flexibility index (Phi) is 6.07. The second-order valence-electron chi connectivity index (χ2n) is 6.08. The third-order valence-corrected chi connectivity index (χ3v) is 4.54. The number of rotatable bonds is 4. The Morgan fingerprint density at radius 1 is 1.17 bits per heavy atom. The normalized spacial score (nSPS) is 16.4. The summed E-state index contributed by atoms with van der Waals surface area (Å²) in [6.45, 7) is 6.57. The molecule has 1 saturated heterocycles. The van der Waals surface area contributed by atoms with Crippen molar-refractivity contribution >= 4 is 11.7 Å². The number of anilines is 1. The zero-order valence-corrected chi connectivity index (χ0v) is 14.1. The molecule has 0 bridgehead atoms. The second-order valence-corrected chi connectivity index (χ2v) is 6.08. The quantitative estimate of drug-likeness (QED) is 0.838. The number of amides is 1. The van der Waals surface area contributed by atoms with Crippen molar-refractivity contribution in [3.63, 3.8) is 0 Å². The van der Waals surface area contributed by atoms with Crippen LogP contribution in [0.5, 0.6) is 0 Å². The van der Waals surface area contributed by atoms with E-state index in [1.165, 1.54) is 6.07 Å². The maximum atomic E-state index is 12.6. The van der Waals surface area contributed by atoms with E-state index in [4.69, 9.17) is 0 Å². The van der Waals surface area contributed by atoms with Crippen molar-refractivity contribution in [2.24, 2.45) is 5.92 Å². The lowest BCUT2D eigenvalue weighted by atomic mass is 10.0. The van der Waals surface area contributed by atoms with Gasteiger partial charge in [-0.15, -0.1) is 0 Å². The number of carbonyl (C=O) groups excluding carboxylic acids is 1. The summed E-state index contributed by atoms with van der Waals surface area (Å²) in [4.78, 5) is 20.2. The highest BCUT2D eigenvalue weighted by atomic mass is 19.4.